The standard InChI is InChI=1S/C31H24O4/c32-30(34-28(26-17-9-3-10-18-26)21-24-13-5-1-6-14-24)23-31(33)35-29(27-19-11-4-12-20-27)22-25-15-7-2-8-16-25/h1-22H,23H2. The van der Waals surface area contributed by atoms with Crippen LogP contribution in [0.3, 0.4) is 0 Å². The van der Waals surface area contributed by atoms with Gasteiger partial charge in [-0.15, -0.1) is 0 Å². The van der Waals surface area contributed by atoms with Crippen molar-refractivity contribution < 1.29 is 19.1 Å². The molecule has 0 saturated carbocycles. The van der Waals surface area contributed by atoms with Crippen molar-refractivity contribution in [3.05, 3.63) is 144 Å². The smallest absolute Gasteiger partial charge is 0.322 e. The molecule has 0 bridgehead atoms. The summed E-state index contributed by atoms with van der Waals surface area (Å²) in [7, 11) is 0. The van der Waals surface area contributed by atoms with Crippen LogP contribution in [0.1, 0.15) is 28.7 Å². The van der Waals surface area contributed by atoms with Crippen molar-refractivity contribution in [1.82, 2.24) is 0 Å². The van der Waals surface area contributed by atoms with E-state index in [-0.39, 0.29) is 0 Å². The highest BCUT2D eigenvalue weighted by Crippen LogP contribution is 2.23. The van der Waals surface area contributed by atoms with E-state index in [1.54, 1.807) is 12.2 Å². The van der Waals surface area contributed by atoms with Crippen molar-refractivity contribution in [2.45, 2.75) is 6.42 Å². The first kappa shape index (κ1) is 23.5. The lowest BCUT2D eigenvalue weighted by Gasteiger charge is -2.11. The number of carbonyl (C=O) groups is 2. The molecule has 0 aliphatic carbocycles. The predicted molar refractivity (Wildman–Crippen MR) is 138 cm³/mol. The molecule has 0 radical (unpaired) electrons. The van der Waals surface area contributed by atoms with Crippen LogP contribution in [-0.4, -0.2) is 11.9 Å². The SMILES string of the molecule is O=C(CC(=O)OC(=Cc1ccccc1)c1ccccc1)OC(=Cc1ccccc1)c1ccccc1. The van der Waals surface area contributed by atoms with Crippen LogP contribution in [0, 0.1) is 0 Å². The third kappa shape index (κ3) is 7.14. The van der Waals surface area contributed by atoms with Crippen LogP contribution in [-0.2, 0) is 19.1 Å². The molecule has 0 atom stereocenters. The minimum absolute atomic E-state index is 0.359. The molecule has 0 spiro atoms. The van der Waals surface area contributed by atoms with Crippen LogP contribution in [0.4, 0.5) is 0 Å². The molecule has 0 aromatic heterocycles. The highest BCUT2D eigenvalue weighted by molar-refractivity contribution is 5.97. The van der Waals surface area contributed by atoms with Crippen molar-refractivity contribution in [3.63, 3.8) is 0 Å². The second-order valence-corrected chi connectivity index (χ2v) is 7.70. The third-order valence-corrected chi connectivity index (χ3v) is 5.05. The monoisotopic (exact) mass is 460 g/mol. The molecule has 0 saturated heterocycles. The van der Waals surface area contributed by atoms with Gasteiger partial charge in [0.15, 0.2) is 0 Å². The van der Waals surface area contributed by atoms with Gasteiger partial charge in [0.05, 0.1) is 0 Å². The van der Waals surface area contributed by atoms with Crippen LogP contribution in [0.15, 0.2) is 121 Å². The molecule has 0 heterocycles. The molecule has 4 aromatic carbocycles. The average molecular weight is 461 g/mol. The molecule has 0 fully saturated rings. The van der Waals surface area contributed by atoms with E-state index in [1.165, 1.54) is 0 Å². The summed E-state index contributed by atoms with van der Waals surface area (Å²) < 4.78 is 11.2. The molecule has 4 rings (SSSR count). The number of ether oxygens (including phenoxy) is 2. The summed E-state index contributed by atoms with van der Waals surface area (Å²) in [6.45, 7) is 0. The van der Waals surface area contributed by atoms with Crippen LogP contribution in [0.25, 0.3) is 23.7 Å². The number of hydrogen-bond donors (Lipinski definition) is 0. The van der Waals surface area contributed by atoms with Crippen LogP contribution in [0.2, 0.25) is 0 Å². The van der Waals surface area contributed by atoms with Gasteiger partial charge in [0.25, 0.3) is 0 Å². The number of benzene rings is 4. The van der Waals surface area contributed by atoms with Gasteiger partial charge in [0.1, 0.15) is 17.9 Å². The first-order valence-electron chi connectivity index (χ1n) is 11.2. The molecular weight excluding hydrogens is 436 g/mol. The quantitative estimate of drug-likeness (QED) is 0.125. The Hall–Kier alpha value is -4.70. The van der Waals surface area contributed by atoms with E-state index >= 15 is 0 Å². The molecule has 0 aliphatic rings. The summed E-state index contributed by atoms with van der Waals surface area (Å²) in [5.74, 6) is -0.684. The van der Waals surface area contributed by atoms with Crippen LogP contribution < -0.4 is 0 Å². The van der Waals surface area contributed by atoms with E-state index < -0.39 is 18.4 Å². The van der Waals surface area contributed by atoms with Crippen molar-refractivity contribution in [1.29, 1.82) is 0 Å². The normalized spacial score (nSPS) is 11.5. The van der Waals surface area contributed by atoms with Gasteiger partial charge >= 0.3 is 11.9 Å². The van der Waals surface area contributed by atoms with Gasteiger partial charge in [-0.1, -0.05) is 121 Å². The first-order valence-corrected chi connectivity index (χ1v) is 11.2. The van der Waals surface area contributed by atoms with Gasteiger partial charge in [-0.3, -0.25) is 9.59 Å². The Morgan fingerprint density at radius 1 is 0.486 bits per heavy atom. The minimum Gasteiger partial charge on any atom is -0.425 e. The van der Waals surface area contributed by atoms with Crippen molar-refractivity contribution in [3.8, 4) is 0 Å². The van der Waals surface area contributed by atoms with Gasteiger partial charge < -0.3 is 9.47 Å². The molecule has 35 heavy (non-hydrogen) atoms. The number of rotatable bonds is 8. The van der Waals surface area contributed by atoms with Gasteiger partial charge in [0.2, 0.25) is 0 Å². The lowest BCUT2D eigenvalue weighted by molar-refractivity contribution is -0.146. The molecule has 4 heteroatoms. The van der Waals surface area contributed by atoms with Crippen molar-refractivity contribution in [2.24, 2.45) is 0 Å². The zero-order valence-electron chi connectivity index (χ0n) is 19.0. The maximum absolute atomic E-state index is 12.7. The van der Waals surface area contributed by atoms with Crippen LogP contribution >= 0.6 is 0 Å². The lowest BCUT2D eigenvalue weighted by atomic mass is 10.1. The molecule has 4 aromatic rings. The predicted octanol–water partition coefficient (Wildman–Crippen LogP) is 6.86. The Bertz CT molecular complexity index is 1200. The highest BCUT2D eigenvalue weighted by Gasteiger charge is 2.18. The van der Waals surface area contributed by atoms with E-state index in [2.05, 4.69) is 0 Å². The maximum atomic E-state index is 12.7. The number of carbonyl (C=O) groups excluding carboxylic acids is 2. The fourth-order valence-electron chi connectivity index (χ4n) is 3.38. The Labute approximate surface area is 204 Å². The minimum atomic E-state index is -0.701. The third-order valence-electron chi connectivity index (χ3n) is 5.05. The van der Waals surface area contributed by atoms with E-state index in [9.17, 15) is 9.59 Å². The molecule has 172 valence electrons. The van der Waals surface area contributed by atoms with E-state index in [0.717, 1.165) is 22.3 Å². The Balaban J connectivity index is 1.50. The zero-order chi connectivity index (χ0) is 24.3. The van der Waals surface area contributed by atoms with Crippen LogP contribution in [0.5, 0.6) is 0 Å². The summed E-state index contributed by atoms with van der Waals surface area (Å²) in [5.41, 5.74) is 3.21. The van der Waals surface area contributed by atoms with Crippen molar-refractivity contribution >= 4 is 35.6 Å². The fraction of sp³-hybridized carbons (Fsp3) is 0.0323. The number of hydrogen-bond acceptors (Lipinski definition) is 4. The molecular formula is C31H24O4. The first-order chi connectivity index (χ1) is 17.2. The molecule has 4 nitrogen and oxygen atoms in total. The largest absolute Gasteiger partial charge is 0.425 e. The highest BCUT2D eigenvalue weighted by atomic mass is 16.6. The molecule has 0 aliphatic heterocycles. The molecule has 0 amide bonds. The average Bonchev–Trinajstić information content (AvgIpc) is 2.90. The van der Waals surface area contributed by atoms with Gasteiger partial charge in [-0.2, -0.15) is 0 Å². The Morgan fingerprint density at radius 2 is 0.800 bits per heavy atom. The van der Waals surface area contributed by atoms with Gasteiger partial charge in [-0.25, -0.2) is 0 Å². The summed E-state index contributed by atoms with van der Waals surface area (Å²) >= 11 is 0. The summed E-state index contributed by atoms with van der Waals surface area (Å²) in [6.07, 6.45) is 3.00. The van der Waals surface area contributed by atoms with E-state index in [4.69, 9.17) is 9.47 Å². The summed E-state index contributed by atoms with van der Waals surface area (Å²) in [6, 6.07) is 37.6. The van der Waals surface area contributed by atoms with E-state index in [1.807, 2.05) is 121 Å². The lowest BCUT2D eigenvalue weighted by Crippen LogP contribution is -2.13. The molecule has 0 N–H and O–H groups in total. The topological polar surface area (TPSA) is 52.6 Å². The maximum Gasteiger partial charge on any atom is 0.322 e. The second kappa shape index (κ2) is 12.0. The molecule has 0 unspecified atom stereocenters. The van der Waals surface area contributed by atoms with Gasteiger partial charge in [0, 0.05) is 11.1 Å². The second-order valence-electron chi connectivity index (χ2n) is 7.70. The van der Waals surface area contributed by atoms with E-state index in [0.29, 0.717) is 11.5 Å². The summed E-state index contributed by atoms with van der Waals surface area (Å²) in [4.78, 5) is 25.4. The Morgan fingerprint density at radius 3 is 1.14 bits per heavy atom. The number of esters is 2. The summed E-state index contributed by atoms with van der Waals surface area (Å²) in [5, 5.41) is 0. The van der Waals surface area contributed by atoms with Gasteiger partial charge in [-0.05, 0) is 23.3 Å². The Kier molecular flexibility index (Phi) is 8.01. The fourth-order valence-corrected chi connectivity index (χ4v) is 3.38. The van der Waals surface area contributed by atoms with Crippen molar-refractivity contribution in [2.75, 3.05) is 0 Å². The zero-order valence-corrected chi connectivity index (χ0v) is 19.0.